The summed E-state index contributed by atoms with van der Waals surface area (Å²) < 4.78 is 0. The van der Waals surface area contributed by atoms with Gasteiger partial charge >= 0.3 is 5.97 Å². The maximum atomic E-state index is 10.8. The van der Waals surface area contributed by atoms with Crippen LogP contribution in [0.25, 0.3) is 0 Å². The van der Waals surface area contributed by atoms with Crippen molar-refractivity contribution < 1.29 is 9.90 Å². The van der Waals surface area contributed by atoms with Crippen LogP contribution in [0, 0.1) is 6.92 Å². The molecule has 0 amide bonds. The molecule has 0 bridgehead atoms. The van der Waals surface area contributed by atoms with Gasteiger partial charge in [0.15, 0.2) is 0 Å². The zero-order valence-corrected chi connectivity index (χ0v) is 11.4. The summed E-state index contributed by atoms with van der Waals surface area (Å²) >= 11 is 1.65. The second-order valence-corrected chi connectivity index (χ2v) is 5.17. The lowest BCUT2D eigenvalue weighted by Gasteiger charge is -2.04. The topological polar surface area (TPSA) is 75.1 Å². The fraction of sp³-hybridized carbons (Fsp3) is 0.308. The molecule has 0 fully saturated rings. The monoisotopic (exact) mass is 277 g/mol. The van der Waals surface area contributed by atoms with Gasteiger partial charge in [0, 0.05) is 24.9 Å². The Labute approximate surface area is 115 Å². The SMILES string of the molecule is Cc1nc(CCNCc2cccc(C(=O)O)n2)cs1. The molecule has 0 aliphatic carbocycles. The zero-order chi connectivity index (χ0) is 13.7. The van der Waals surface area contributed by atoms with Gasteiger partial charge in [0.2, 0.25) is 0 Å². The summed E-state index contributed by atoms with van der Waals surface area (Å²) in [5, 5.41) is 15.2. The third-order valence-corrected chi connectivity index (χ3v) is 3.38. The number of carboxylic acid groups (broad SMARTS) is 1. The number of pyridine rings is 1. The number of thiazole rings is 1. The zero-order valence-electron chi connectivity index (χ0n) is 10.6. The normalized spacial score (nSPS) is 10.6. The highest BCUT2D eigenvalue weighted by atomic mass is 32.1. The van der Waals surface area contributed by atoms with Gasteiger partial charge in [0.1, 0.15) is 5.69 Å². The van der Waals surface area contributed by atoms with E-state index in [1.54, 1.807) is 17.4 Å². The quantitative estimate of drug-likeness (QED) is 0.788. The summed E-state index contributed by atoms with van der Waals surface area (Å²) in [4.78, 5) is 19.2. The van der Waals surface area contributed by atoms with Gasteiger partial charge < -0.3 is 10.4 Å². The van der Waals surface area contributed by atoms with Crippen molar-refractivity contribution in [2.24, 2.45) is 0 Å². The van der Waals surface area contributed by atoms with E-state index in [9.17, 15) is 4.79 Å². The van der Waals surface area contributed by atoms with Crippen LogP contribution in [0.5, 0.6) is 0 Å². The fourth-order valence-electron chi connectivity index (χ4n) is 1.65. The summed E-state index contributed by atoms with van der Waals surface area (Å²) in [6.07, 6.45) is 0.864. The van der Waals surface area contributed by atoms with E-state index in [0.29, 0.717) is 6.54 Å². The summed E-state index contributed by atoms with van der Waals surface area (Å²) in [6, 6.07) is 5.01. The summed E-state index contributed by atoms with van der Waals surface area (Å²) in [5.74, 6) is -1.00. The maximum absolute atomic E-state index is 10.8. The fourth-order valence-corrected chi connectivity index (χ4v) is 2.30. The molecule has 0 unspecified atom stereocenters. The van der Waals surface area contributed by atoms with Crippen LogP contribution in [0.2, 0.25) is 0 Å². The van der Waals surface area contributed by atoms with E-state index in [0.717, 1.165) is 29.4 Å². The Hall–Kier alpha value is -1.79. The number of rotatable bonds is 6. The van der Waals surface area contributed by atoms with Gasteiger partial charge in [-0.3, -0.25) is 0 Å². The van der Waals surface area contributed by atoms with Crippen LogP contribution in [-0.4, -0.2) is 27.6 Å². The molecule has 0 saturated carbocycles. The Morgan fingerprint density at radius 2 is 2.21 bits per heavy atom. The number of aromatic nitrogens is 2. The molecule has 0 saturated heterocycles. The maximum Gasteiger partial charge on any atom is 0.354 e. The third-order valence-electron chi connectivity index (χ3n) is 2.56. The molecule has 0 radical (unpaired) electrons. The summed E-state index contributed by atoms with van der Waals surface area (Å²) in [5.41, 5.74) is 1.89. The van der Waals surface area contributed by atoms with Gasteiger partial charge in [-0.1, -0.05) is 6.07 Å². The van der Waals surface area contributed by atoms with Crippen molar-refractivity contribution in [1.29, 1.82) is 0 Å². The number of nitrogens with one attached hydrogen (secondary N) is 1. The molecular formula is C13H15N3O2S. The Kier molecular flexibility index (Phi) is 4.59. The van der Waals surface area contributed by atoms with E-state index in [1.165, 1.54) is 6.07 Å². The van der Waals surface area contributed by atoms with Gasteiger partial charge in [-0.25, -0.2) is 14.8 Å². The largest absolute Gasteiger partial charge is 0.477 e. The lowest BCUT2D eigenvalue weighted by Crippen LogP contribution is -2.18. The van der Waals surface area contributed by atoms with Gasteiger partial charge in [0.25, 0.3) is 0 Å². The first-order valence-corrected chi connectivity index (χ1v) is 6.84. The molecule has 100 valence electrons. The average Bonchev–Trinajstić information content (AvgIpc) is 2.81. The highest BCUT2D eigenvalue weighted by Gasteiger charge is 2.04. The molecule has 0 atom stereocenters. The minimum absolute atomic E-state index is 0.0782. The molecule has 0 aliphatic heterocycles. The lowest BCUT2D eigenvalue weighted by atomic mass is 10.3. The Morgan fingerprint density at radius 1 is 1.37 bits per heavy atom. The molecule has 0 aromatic carbocycles. The van der Waals surface area contributed by atoms with Gasteiger partial charge in [-0.05, 0) is 19.1 Å². The van der Waals surface area contributed by atoms with Crippen LogP contribution in [0.15, 0.2) is 23.6 Å². The Bertz CT molecular complexity index is 569. The lowest BCUT2D eigenvalue weighted by molar-refractivity contribution is 0.0690. The van der Waals surface area contributed by atoms with Crippen LogP contribution < -0.4 is 5.32 Å². The van der Waals surface area contributed by atoms with E-state index in [4.69, 9.17) is 5.11 Å². The molecule has 0 spiro atoms. The molecule has 0 aliphatic rings. The second-order valence-electron chi connectivity index (χ2n) is 4.10. The number of hydrogen-bond donors (Lipinski definition) is 2. The van der Waals surface area contributed by atoms with E-state index < -0.39 is 5.97 Å². The van der Waals surface area contributed by atoms with E-state index in [-0.39, 0.29) is 5.69 Å². The molecule has 2 rings (SSSR count). The van der Waals surface area contributed by atoms with Crippen molar-refractivity contribution in [3.8, 4) is 0 Å². The molecular weight excluding hydrogens is 262 g/mol. The van der Waals surface area contributed by atoms with Crippen molar-refractivity contribution in [3.05, 3.63) is 45.7 Å². The van der Waals surface area contributed by atoms with Crippen molar-refractivity contribution >= 4 is 17.3 Å². The van der Waals surface area contributed by atoms with Crippen LogP contribution >= 0.6 is 11.3 Å². The van der Waals surface area contributed by atoms with Gasteiger partial charge in [-0.15, -0.1) is 11.3 Å². The smallest absolute Gasteiger partial charge is 0.354 e. The Balaban J connectivity index is 1.79. The van der Waals surface area contributed by atoms with E-state index in [2.05, 4.69) is 20.7 Å². The van der Waals surface area contributed by atoms with Crippen molar-refractivity contribution in [3.63, 3.8) is 0 Å². The van der Waals surface area contributed by atoms with Crippen molar-refractivity contribution in [2.75, 3.05) is 6.54 Å². The minimum atomic E-state index is -1.00. The van der Waals surface area contributed by atoms with Crippen LogP contribution in [0.4, 0.5) is 0 Å². The molecule has 5 nitrogen and oxygen atoms in total. The highest BCUT2D eigenvalue weighted by molar-refractivity contribution is 7.09. The average molecular weight is 277 g/mol. The van der Waals surface area contributed by atoms with E-state index >= 15 is 0 Å². The predicted molar refractivity (Wildman–Crippen MR) is 73.5 cm³/mol. The standard InChI is InChI=1S/C13H15N3O2S/c1-9-15-11(8-19-9)5-6-14-7-10-3-2-4-12(16-10)13(17)18/h2-4,8,14H,5-7H2,1H3,(H,17,18). The number of hydrogen-bond acceptors (Lipinski definition) is 5. The molecule has 2 N–H and O–H groups in total. The molecule has 2 aromatic heterocycles. The number of aromatic carboxylic acids is 1. The summed E-state index contributed by atoms with van der Waals surface area (Å²) in [6.45, 7) is 3.34. The van der Waals surface area contributed by atoms with Gasteiger partial charge in [-0.2, -0.15) is 0 Å². The number of nitrogens with zero attached hydrogens (tertiary/aromatic N) is 2. The highest BCUT2D eigenvalue weighted by Crippen LogP contribution is 2.07. The second kappa shape index (κ2) is 6.40. The predicted octanol–water partition coefficient (Wildman–Crippen LogP) is 1.88. The number of carboxylic acids is 1. The Morgan fingerprint density at radius 3 is 2.89 bits per heavy atom. The number of carbonyl (C=O) groups is 1. The van der Waals surface area contributed by atoms with Crippen molar-refractivity contribution in [1.82, 2.24) is 15.3 Å². The first-order chi connectivity index (χ1) is 9.15. The van der Waals surface area contributed by atoms with Crippen molar-refractivity contribution in [2.45, 2.75) is 19.9 Å². The van der Waals surface area contributed by atoms with Crippen LogP contribution in [-0.2, 0) is 13.0 Å². The van der Waals surface area contributed by atoms with Crippen LogP contribution in [0.1, 0.15) is 26.9 Å². The minimum Gasteiger partial charge on any atom is -0.477 e. The molecule has 19 heavy (non-hydrogen) atoms. The molecule has 2 aromatic rings. The summed E-state index contributed by atoms with van der Waals surface area (Å²) in [7, 11) is 0. The third kappa shape index (κ3) is 4.11. The van der Waals surface area contributed by atoms with Crippen LogP contribution in [0.3, 0.4) is 0 Å². The first-order valence-electron chi connectivity index (χ1n) is 5.96. The van der Waals surface area contributed by atoms with E-state index in [1.807, 2.05) is 13.0 Å². The molecule has 2 heterocycles. The number of aryl methyl sites for hydroxylation is 1. The van der Waals surface area contributed by atoms with Gasteiger partial charge in [0.05, 0.1) is 16.4 Å². The first kappa shape index (κ1) is 13.6. The molecule has 6 heteroatoms.